The van der Waals surface area contributed by atoms with Crippen LogP contribution in [0.2, 0.25) is 0 Å². The summed E-state index contributed by atoms with van der Waals surface area (Å²) in [7, 11) is 1.58. The van der Waals surface area contributed by atoms with E-state index in [1.165, 1.54) is 12.3 Å². The molecule has 20 heavy (non-hydrogen) atoms. The summed E-state index contributed by atoms with van der Waals surface area (Å²) in [5.41, 5.74) is 7.00. The quantitative estimate of drug-likeness (QED) is 0.425. The number of rotatable bonds is 3. The molecule has 108 valence electrons. The third kappa shape index (κ3) is 3.81. The number of methoxy groups -OCH3 is 1. The molecule has 0 bridgehead atoms. The van der Waals surface area contributed by atoms with Crippen molar-refractivity contribution < 1.29 is 35.3 Å². The SMILES string of the molecule is COc1ccc(N=Cc2cc(O)c(F)cc2N)cc1.[Pt]. The van der Waals surface area contributed by atoms with Crippen LogP contribution in [0.25, 0.3) is 0 Å². The number of nitrogens with two attached hydrogens (primary N) is 1. The predicted octanol–water partition coefficient (Wildman–Crippen LogP) is 2.87. The van der Waals surface area contributed by atoms with Crippen LogP contribution in [0.3, 0.4) is 0 Å². The van der Waals surface area contributed by atoms with Crippen LogP contribution >= 0.6 is 0 Å². The molecule has 0 radical (unpaired) electrons. The molecule has 0 atom stereocenters. The number of nitrogen functional groups attached to an aromatic ring is 1. The first-order chi connectivity index (χ1) is 9.10. The van der Waals surface area contributed by atoms with E-state index in [-0.39, 0.29) is 26.8 Å². The van der Waals surface area contributed by atoms with Gasteiger partial charge >= 0.3 is 0 Å². The second kappa shape index (κ2) is 7.06. The zero-order valence-corrected chi connectivity index (χ0v) is 12.9. The normalized spacial score (nSPS) is 10.3. The van der Waals surface area contributed by atoms with Gasteiger partial charge in [0.15, 0.2) is 11.6 Å². The molecule has 2 aromatic carbocycles. The van der Waals surface area contributed by atoms with Gasteiger partial charge in [-0.15, -0.1) is 0 Å². The average Bonchev–Trinajstić information content (AvgIpc) is 2.42. The molecule has 0 aromatic heterocycles. The van der Waals surface area contributed by atoms with Crippen molar-refractivity contribution in [1.29, 1.82) is 0 Å². The van der Waals surface area contributed by atoms with E-state index in [4.69, 9.17) is 10.5 Å². The molecule has 0 heterocycles. The number of aromatic hydroxyl groups is 1. The maximum absolute atomic E-state index is 13.0. The summed E-state index contributed by atoms with van der Waals surface area (Å²) < 4.78 is 18.1. The molecule has 6 heteroatoms. The van der Waals surface area contributed by atoms with Crippen LogP contribution in [0.5, 0.6) is 11.5 Å². The summed E-state index contributed by atoms with van der Waals surface area (Å²) in [6.45, 7) is 0. The Morgan fingerprint density at radius 3 is 2.50 bits per heavy atom. The monoisotopic (exact) mass is 455 g/mol. The van der Waals surface area contributed by atoms with E-state index in [0.29, 0.717) is 11.3 Å². The number of phenolic OH excluding ortho intramolecular Hbond substituents is 1. The first kappa shape index (κ1) is 16.2. The van der Waals surface area contributed by atoms with Crippen molar-refractivity contribution >= 4 is 17.6 Å². The molecular formula is C14H13FN2O2Pt. The number of anilines is 1. The summed E-state index contributed by atoms with van der Waals surface area (Å²) in [5.74, 6) is -0.470. The Bertz CT molecular complexity index is 615. The van der Waals surface area contributed by atoms with Gasteiger partial charge in [0.1, 0.15) is 5.75 Å². The molecule has 0 aliphatic rings. The molecule has 4 nitrogen and oxygen atoms in total. The van der Waals surface area contributed by atoms with Crippen molar-refractivity contribution in [3.63, 3.8) is 0 Å². The van der Waals surface area contributed by atoms with Gasteiger partial charge in [-0.25, -0.2) is 4.39 Å². The van der Waals surface area contributed by atoms with Gasteiger partial charge in [0, 0.05) is 44.6 Å². The predicted molar refractivity (Wildman–Crippen MR) is 72.7 cm³/mol. The van der Waals surface area contributed by atoms with Crippen molar-refractivity contribution in [2.75, 3.05) is 12.8 Å². The molecule has 0 spiro atoms. The van der Waals surface area contributed by atoms with Gasteiger partial charge in [-0.3, -0.25) is 4.99 Å². The molecule has 3 N–H and O–H groups in total. The van der Waals surface area contributed by atoms with Crippen LogP contribution in [0.15, 0.2) is 41.4 Å². The fraction of sp³-hybridized carbons (Fsp3) is 0.0714. The number of phenols is 1. The number of hydrogen-bond acceptors (Lipinski definition) is 4. The zero-order valence-electron chi connectivity index (χ0n) is 10.6. The molecule has 2 rings (SSSR count). The first-order valence-corrected chi connectivity index (χ1v) is 5.56. The second-order valence-electron chi connectivity index (χ2n) is 3.89. The van der Waals surface area contributed by atoms with Crippen molar-refractivity contribution in [3.8, 4) is 11.5 Å². The minimum Gasteiger partial charge on any atom is -0.505 e. The Hall–Kier alpha value is -1.87. The zero-order chi connectivity index (χ0) is 13.8. The third-order valence-corrected chi connectivity index (χ3v) is 2.58. The summed E-state index contributed by atoms with van der Waals surface area (Å²) in [6, 6.07) is 9.39. The van der Waals surface area contributed by atoms with Crippen LogP contribution in [-0.4, -0.2) is 18.4 Å². The largest absolute Gasteiger partial charge is 0.505 e. The second-order valence-corrected chi connectivity index (χ2v) is 3.89. The molecule has 0 aliphatic carbocycles. The number of aliphatic imine (C=N–C) groups is 1. The molecule has 0 amide bonds. The average molecular weight is 455 g/mol. The van der Waals surface area contributed by atoms with E-state index in [0.717, 1.165) is 11.8 Å². The van der Waals surface area contributed by atoms with E-state index in [2.05, 4.69) is 4.99 Å². The Labute approximate surface area is 130 Å². The van der Waals surface area contributed by atoms with Gasteiger partial charge in [0.2, 0.25) is 0 Å². The number of ether oxygens (including phenoxy) is 1. The van der Waals surface area contributed by atoms with Crippen molar-refractivity contribution in [2.45, 2.75) is 0 Å². The van der Waals surface area contributed by atoms with E-state index >= 15 is 0 Å². The summed E-state index contributed by atoms with van der Waals surface area (Å²) >= 11 is 0. The van der Waals surface area contributed by atoms with Crippen molar-refractivity contribution in [1.82, 2.24) is 0 Å². The van der Waals surface area contributed by atoms with E-state index in [9.17, 15) is 9.50 Å². The maximum atomic E-state index is 13.0. The Kier molecular flexibility index (Phi) is 5.71. The van der Waals surface area contributed by atoms with Gasteiger partial charge in [-0.2, -0.15) is 0 Å². The van der Waals surface area contributed by atoms with Crippen LogP contribution in [0, 0.1) is 5.82 Å². The van der Waals surface area contributed by atoms with Gasteiger partial charge in [-0.05, 0) is 30.3 Å². The molecule has 0 aliphatic heterocycles. The number of benzene rings is 2. The van der Waals surface area contributed by atoms with Crippen LogP contribution in [-0.2, 0) is 21.1 Å². The third-order valence-electron chi connectivity index (χ3n) is 2.58. The number of halogens is 1. The van der Waals surface area contributed by atoms with Gasteiger partial charge in [-0.1, -0.05) is 0 Å². The van der Waals surface area contributed by atoms with Gasteiger partial charge in [0.05, 0.1) is 12.8 Å². The Morgan fingerprint density at radius 1 is 1.25 bits per heavy atom. The summed E-state index contributed by atoms with van der Waals surface area (Å²) in [6.07, 6.45) is 1.47. The fourth-order valence-corrected chi connectivity index (χ4v) is 1.52. The Balaban J connectivity index is 0.00000200. The van der Waals surface area contributed by atoms with Gasteiger partial charge < -0.3 is 15.6 Å². The Morgan fingerprint density at radius 2 is 1.90 bits per heavy atom. The molecule has 2 aromatic rings. The summed E-state index contributed by atoms with van der Waals surface area (Å²) in [5, 5.41) is 9.28. The molecular weight excluding hydrogens is 442 g/mol. The summed E-state index contributed by atoms with van der Waals surface area (Å²) in [4.78, 5) is 4.19. The standard InChI is InChI=1S/C14H13FN2O2.Pt/c1-19-11-4-2-10(3-5-11)17-8-9-6-14(18)12(15)7-13(9)16;/h2-8,18H,16H2,1H3;. The number of nitrogens with zero attached hydrogens (tertiary/aromatic N) is 1. The minimum atomic E-state index is -0.751. The van der Waals surface area contributed by atoms with Crippen LogP contribution in [0.1, 0.15) is 5.56 Å². The topological polar surface area (TPSA) is 67.8 Å². The minimum absolute atomic E-state index is 0. The van der Waals surface area contributed by atoms with E-state index < -0.39 is 11.6 Å². The first-order valence-electron chi connectivity index (χ1n) is 5.56. The molecule has 0 saturated heterocycles. The molecule has 0 fully saturated rings. The smallest absolute Gasteiger partial charge is 0.166 e. The molecule has 0 saturated carbocycles. The number of hydrogen-bond donors (Lipinski definition) is 2. The van der Waals surface area contributed by atoms with E-state index in [1.807, 2.05) is 0 Å². The molecule has 0 unspecified atom stereocenters. The maximum Gasteiger partial charge on any atom is 0.166 e. The van der Waals surface area contributed by atoms with Gasteiger partial charge in [0.25, 0.3) is 0 Å². The van der Waals surface area contributed by atoms with Crippen molar-refractivity contribution in [2.24, 2.45) is 4.99 Å². The van der Waals surface area contributed by atoms with Crippen molar-refractivity contribution in [3.05, 3.63) is 47.8 Å². The van der Waals surface area contributed by atoms with E-state index in [1.54, 1.807) is 31.4 Å². The van der Waals surface area contributed by atoms with Crippen LogP contribution < -0.4 is 10.5 Å². The fourth-order valence-electron chi connectivity index (χ4n) is 1.52. The van der Waals surface area contributed by atoms with Crippen LogP contribution in [0.4, 0.5) is 15.8 Å².